The molecule has 0 radical (unpaired) electrons. The van der Waals surface area contributed by atoms with Gasteiger partial charge in [-0.05, 0) is 31.7 Å². The van der Waals surface area contributed by atoms with Gasteiger partial charge in [-0.15, -0.1) is 0 Å². The van der Waals surface area contributed by atoms with Gasteiger partial charge in [0.1, 0.15) is 12.4 Å². The lowest BCUT2D eigenvalue weighted by Gasteiger charge is -2.09. The number of nitrogens with two attached hydrogens (primary N) is 1. The number of carbonyl (C=O) groups is 1. The topological polar surface area (TPSA) is 79.4 Å². The van der Waals surface area contributed by atoms with Crippen LogP contribution in [-0.4, -0.2) is 35.1 Å². The first-order valence-electron chi connectivity index (χ1n) is 6.30. The number of nitrogens with zero attached hydrogens (tertiary/aromatic N) is 2. The first kappa shape index (κ1) is 12.9. The van der Waals surface area contributed by atoms with E-state index in [1.807, 2.05) is 0 Å². The molecule has 0 amide bonds. The summed E-state index contributed by atoms with van der Waals surface area (Å²) in [6, 6.07) is 1.64. The summed E-state index contributed by atoms with van der Waals surface area (Å²) in [5.41, 5.74) is 5.45. The average molecular weight is 253 g/mol. The normalized spacial score (nSPS) is 19.0. The number of nitrogen functional groups attached to an aromatic ring is 1. The van der Waals surface area contributed by atoms with Gasteiger partial charge in [-0.2, -0.15) is 5.10 Å². The third-order valence-electron chi connectivity index (χ3n) is 2.91. The number of anilines is 1. The Morgan fingerprint density at radius 3 is 3.22 bits per heavy atom. The van der Waals surface area contributed by atoms with E-state index in [-0.39, 0.29) is 12.5 Å². The van der Waals surface area contributed by atoms with Crippen LogP contribution in [0.3, 0.4) is 0 Å². The molecular formula is C12H19N3O3. The Labute approximate surface area is 106 Å². The van der Waals surface area contributed by atoms with Gasteiger partial charge < -0.3 is 15.2 Å². The van der Waals surface area contributed by atoms with Crippen LogP contribution in [0.4, 0.5) is 5.82 Å². The fraction of sp³-hybridized carbons (Fsp3) is 0.667. The molecule has 1 aromatic heterocycles. The maximum absolute atomic E-state index is 11.5. The second-order valence-electron chi connectivity index (χ2n) is 4.44. The van der Waals surface area contributed by atoms with Crippen LogP contribution in [-0.2, 0) is 20.8 Å². The summed E-state index contributed by atoms with van der Waals surface area (Å²) < 4.78 is 12.1. The highest BCUT2D eigenvalue weighted by Gasteiger charge is 2.15. The van der Waals surface area contributed by atoms with Gasteiger partial charge in [0.2, 0.25) is 0 Å². The zero-order valence-corrected chi connectivity index (χ0v) is 10.4. The molecule has 0 aromatic carbocycles. The molecular weight excluding hydrogens is 234 g/mol. The highest BCUT2D eigenvalue weighted by molar-refractivity contribution is 5.69. The first-order valence-corrected chi connectivity index (χ1v) is 6.30. The standard InChI is InChI=1S/C12H19N3O3/c13-11-5-6-15(14-11)9-12(16)18-8-2-4-10-3-1-7-17-10/h5-6,10H,1-4,7-9H2,(H2,13,14). The fourth-order valence-corrected chi connectivity index (χ4v) is 2.01. The van der Waals surface area contributed by atoms with Gasteiger partial charge in [0.15, 0.2) is 0 Å². The molecule has 1 aromatic rings. The van der Waals surface area contributed by atoms with Crippen LogP contribution in [0.25, 0.3) is 0 Å². The van der Waals surface area contributed by atoms with E-state index >= 15 is 0 Å². The number of rotatable bonds is 6. The van der Waals surface area contributed by atoms with Crippen molar-refractivity contribution in [3.05, 3.63) is 12.3 Å². The highest BCUT2D eigenvalue weighted by Crippen LogP contribution is 2.16. The van der Waals surface area contributed by atoms with E-state index in [9.17, 15) is 4.79 Å². The van der Waals surface area contributed by atoms with Gasteiger partial charge in [0, 0.05) is 12.8 Å². The van der Waals surface area contributed by atoms with Gasteiger partial charge >= 0.3 is 5.97 Å². The first-order chi connectivity index (χ1) is 8.74. The summed E-state index contributed by atoms with van der Waals surface area (Å²) in [4.78, 5) is 11.5. The molecule has 2 rings (SSSR count). The van der Waals surface area contributed by atoms with Crippen molar-refractivity contribution in [2.24, 2.45) is 0 Å². The molecule has 0 saturated carbocycles. The van der Waals surface area contributed by atoms with Crippen LogP contribution in [0.15, 0.2) is 12.3 Å². The highest BCUT2D eigenvalue weighted by atomic mass is 16.5. The Kier molecular flexibility index (Phi) is 4.58. The average Bonchev–Trinajstić information content (AvgIpc) is 2.96. The SMILES string of the molecule is Nc1ccn(CC(=O)OCCCC2CCCO2)n1. The van der Waals surface area contributed by atoms with E-state index < -0.39 is 0 Å². The summed E-state index contributed by atoms with van der Waals surface area (Å²) in [5, 5.41) is 3.92. The van der Waals surface area contributed by atoms with Gasteiger partial charge in [-0.25, -0.2) is 0 Å². The van der Waals surface area contributed by atoms with Gasteiger partial charge in [-0.1, -0.05) is 0 Å². The van der Waals surface area contributed by atoms with Crippen molar-refractivity contribution in [2.75, 3.05) is 18.9 Å². The number of aromatic nitrogens is 2. The molecule has 1 atom stereocenters. The minimum absolute atomic E-state index is 0.108. The molecule has 18 heavy (non-hydrogen) atoms. The second-order valence-corrected chi connectivity index (χ2v) is 4.44. The Bertz CT molecular complexity index is 386. The van der Waals surface area contributed by atoms with Gasteiger partial charge in [0.05, 0.1) is 12.7 Å². The van der Waals surface area contributed by atoms with Gasteiger partial charge in [0.25, 0.3) is 0 Å². The molecule has 1 unspecified atom stereocenters. The predicted octanol–water partition coefficient (Wildman–Crippen LogP) is 0.968. The number of esters is 1. The summed E-state index contributed by atoms with van der Waals surface area (Å²) >= 11 is 0. The van der Waals surface area contributed by atoms with Crippen molar-refractivity contribution in [1.29, 1.82) is 0 Å². The van der Waals surface area contributed by atoms with Crippen molar-refractivity contribution >= 4 is 11.8 Å². The number of carbonyl (C=O) groups excluding carboxylic acids is 1. The summed E-state index contributed by atoms with van der Waals surface area (Å²) in [6.07, 6.45) is 6.09. The second kappa shape index (κ2) is 6.39. The molecule has 100 valence electrons. The lowest BCUT2D eigenvalue weighted by Crippen LogP contribution is -2.15. The largest absolute Gasteiger partial charge is 0.464 e. The molecule has 2 N–H and O–H groups in total. The lowest BCUT2D eigenvalue weighted by molar-refractivity contribution is -0.144. The number of hydrogen-bond donors (Lipinski definition) is 1. The molecule has 0 aliphatic carbocycles. The molecule has 1 aliphatic heterocycles. The fourth-order valence-electron chi connectivity index (χ4n) is 2.01. The lowest BCUT2D eigenvalue weighted by atomic mass is 10.1. The van der Waals surface area contributed by atoms with Crippen LogP contribution < -0.4 is 5.73 Å². The van der Waals surface area contributed by atoms with Crippen LogP contribution in [0.1, 0.15) is 25.7 Å². The zero-order valence-electron chi connectivity index (χ0n) is 10.4. The van der Waals surface area contributed by atoms with Crippen molar-refractivity contribution in [3.8, 4) is 0 Å². The molecule has 0 spiro atoms. The minimum Gasteiger partial charge on any atom is -0.464 e. The summed E-state index contributed by atoms with van der Waals surface area (Å²) in [6.45, 7) is 1.41. The van der Waals surface area contributed by atoms with E-state index in [4.69, 9.17) is 15.2 Å². The molecule has 6 nitrogen and oxygen atoms in total. The van der Waals surface area contributed by atoms with Crippen molar-refractivity contribution in [2.45, 2.75) is 38.3 Å². The molecule has 6 heteroatoms. The maximum Gasteiger partial charge on any atom is 0.327 e. The Morgan fingerprint density at radius 1 is 1.67 bits per heavy atom. The third kappa shape index (κ3) is 4.03. The van der Waals surface area contributed by atoms with E-state index in [1.165, 1.54) is 4.68 Å². The van der Waals surface area contributed by atoms with Crippen molar-refractivity contribution in [3.63, 3.8) is 0 Å². The van der Waals surface area contributed by atoms with Crippen LogP contribution in [0.2, 0.25) is 0 Å². The van der Waals surface area contributed by atoms with Gasteiger partial charge in [-0.3, -0.25) is 9.48 Å². The molecule has 2 heterocycles. The summed E-state index contributed by atoms with van der Waals surface area (Å²) in [7, 11) is 0. The zero-order chi connectivity index (χ0) is 12.8. The summed E-state index contributed by atoms with van der Waals surface area (Å²) in [5.74, 6) is 0.117. The van der Waals surface area contributed by atoms with E-state index in [0.717, 1.165) is 32.3 Å². The maximum atomic E-state index is 11.5. The quantitative estimate of drug-likeness (QED) is 0.603. The van der Waals surface area contributed by atoms with Crippen molar-refractivity contribution in [1.82, 2.24) is 9.78 Å². The Hall–Kier alpha value is -1.56. The molecule has 1 aliphatic rings. The number of ether oxygens (including phenoxy) is 2. The Balaban J connectivity index is 1.57. The molecule has 1 fully saturated rings. The third-order valence-corrected chi connectivity index (χ3v) is 2.91. The smallest absolute Gasteiger partial charge is 0.327 e. The number of hydrogen-bond acceptors (Lipinski definition) is 5. The van der Waals surface area contributed by atoms with E-state index in [0.29, 0.717) is 18.5 Å². The predicted molar refractivity (Wildman–Crippen MR) is 65.8 cm³/mol. The van der Waals surface area contributed by atoms with Crippen LogP contribution >= 0.6 is 0 Å². The monoisotopic (exact) mass is 253 g/mol. The Morgan fingerprint density at radius 2 is 2.56 bits per heavy atom. The minimum atomic E-state index is -0.287. The van der Waals surface area contributed by atoms with Crippen LogP contribution in [0, 0.1) is 0 Å². The van der Waals surface area contributed by atoms with Crippen LogP contribution in [0.5, 0.6) is 0 Å². The van der Waals surface area contributed by atoms with E-state index in [2.05, 4.69) is 5.10 Å². The molecule has 1 saturated heterocycles. The van der Waals surface area contributed by atoms with Crippen molar-refractivity contribution < 1.29 is 14.3 Å². The van der Waals surface area contributed by atoms with E-state index in [1.54, 1.807) is 12.3 Å². The molecule has 0 bridgehead atoms.